The van der Waals surface area contributed by atoms with Crippen molar-refractivity contribution in [3.05, 3.63) is 0 Å². The van der Waals surface area contributed by atoms with Gasteiger partial charge in [-0.15, -0.1) is 0 Å². The van der Waals surface area contributed by atoms with Crippen LogP contribution in [0.1, 0.15) is 44.9 Å². The summed E-state index contributed by atoms with van der Waals surface area (Å²) in [5, 5.41) is 0. The second-order valence-electron chi connectivity index (χ2n) is 4.49. The summed E-state index contributed by atoms with van der Waals surface area (Å²) in [4.78, 5) is 2.54. The fraction of sp³-hybridized carbons (Fsp3) is 1.00. The van der Waals surface area contributed by atoms with Crippen LogP contribution in [-0.4, -0.2) is 24.5 Å². The number of nitrogens with zero attached hydrogens (tertiary/aromatic N) is 1. The number of rotatable bonds is 5. The molecule has 1 saturated carbocycles. The fourth-order valence-electron chi connectivity index (χ4n) is 2.36. The number of hydrogen-bond donors (Lipinski definition) is 0. The molecule has 2 aliphatic rings. The van der Waals surface area contributed by atoms with Gasteiger partial charge < -0.3 is 4.90 Å². The van der Waals surface area contributed by atoms with E-state index in [1.807, 2.05) is 0 Å². The highest BCUT2D eigenvalue weighted by Crippen LogP contribution is 2.28. The van der Waals surface area contributed by atoms with Gasteiger partial charge in [0, 0.05) is 13.1 Å². The van der Waals surface area contributed by atoms with Crippen LogP contribution < -0.4 is 0 Å². The van der Waals surface area contributed by atoms with Crippen molar-refractivity contribution in [2.75, 3.05) is 19.6 Å². The lowest BCUT2D eigenvalue weighted by Crippen LogP contribution is -2.00. The Bertz CT molecular complexity index is 123. The van der Waals surface area contributed by atoms with Crippen molar-refractivity contribution in [3.63, 3.8) is 0 Å². The van der Waals surface area contributed by atoms with Crippen molar-refractivity contribution in [2.45, 2.75) is 44.9 Å². The second kappa shape index (κ2) is 4.27. The zero-order valence-corrected chi connectivity index (χ0v) is 8.10. The van der Waals surface area contributed by atoms with E-state index in [0.29, 0.717) is 0 Å². The summed E-state index contributed by atoms with van der Waals surface area (Å²) in [5.41, 5.74) is 0. The van der Waals surface area contributed by atoms with E-state index in [1.54, 1.807) is 0 Å². The minimum atomic E-state index is 1.11. The lowest BCUT2D eigenvalue weighted by Gasteiger charge is -2.07. The van der Waals surface area contributed by atoms with Crippen LogP contribution in [-0.2, 0) is 0 Å². The van der Waals surface area contributed by atoms with E-state index in [9.17, 15) is 0 Å². The highest BCUT2D eigenvalue weighted by Gasteiger charge is 2.17. The maximum Gasteiger partial charge on any atom is 0.0110 e. The highest BCUT2D eigenvalue weighted by molar-refractivity contribution is 4.72. The van der Waals surface area contributed by atoms with Crippen LogP contribution in [0.3, 0.4) is 0 Å². The van der Waals surface area contributed by atoms with Crippen LogP contribution in [0, 0.1) is 5.92 Å². The van der Waals surface area contributed by atoms with E-state index in [1.165, 1.54) is 64.6 Å². The molecule has 0 aromatic rings. The van der Waals surface area contributed by atoms with Crippen LogP contribution in [0.25, 0.3) is 0 Å². The van der Waals surface area contributed by atoms with Crippen molar-refractivity contribution in [2.24, 2.45) is 5.92 Å². The summed E-state index contributed by atoms with van der Waals surface area (Å²) in [6.07, 6.45) is 10.5. The lowest BCUT2D eigenvalue weighted by molar-refractivity contribution is 0.444. The molecule has 0 spiro atoms. The van der Waals surface area contributed by atoms with Crippen molar-refractivity contribution in [1.82, 2.24) is 4.90 Å². The van der Waals surface area contributed by atoms with E-state index in [0.717, 1.165) is 5.92 Å². The third kappa shape index (κ3) is 2.78. The quantitative estimate of drug-likeness (QED) is 0.449. The molecule has 0 unspecified atom stereocenters. The van der Waals surface area contributed by atoms with Crippen molar-refractivity contribution in [3.8, 4) is 0 Å². The molecule has 1 nitrogen and oxygen atoms in total. The van der Waals surface area contributed by atoms with Gasteiger partial charge in [-0.25, -0.2) is 0 Å². The Kier molecular flexibility index (Phi) is 3.04. The summed E-state index contributed by atoms with van der Waals surface area (Å²) in [7, 11) is 0. The van der Waals surface area contributed by atoms with Gasteiger partial charge in [-0.2, -0.15) is 0 Å². The number of unbranched alkanes of at least 4 members (excludes halogenated alkanes) is 1. The van der Waals surface area contributed by atoms with Gasteiger partial charge in [-0.3, -0.25) is 0 Å². The first-order valence-electron chi connectivity index (χ1n) is 5.67. The minimum absolute atomic E-state index is 1.11. The van der Waals surface area contributed by atoms with E-state index >= 15 is 0 Å². The summed E-state index contributed by atoms with van der Waals surface area (Å²) in [5.74, 6) is 1.11. The van der Waals surface area contributed by atoms with E-state index in [4.69, 9.17) is 0 Å². The Morgan fingerprint density at radius 3 is 2.42 bits per heavy atom. The predicted octanol–water partition coefficient (Wildman–Crippen LogP) is 2.66. The lowest BCUT2D eigenvalue weighted by atomic mass is 10.0. The van der Waals surface area contributed by atoms with Gasteiger partial charge in [0.1, 0.15) is 0 Å². The Hall–Kier alpha value is -0.0400. The SMILES string of the molecule is C1CCC(CCCCN2CC2)C1. The Morgan fingerprint density at radius 2 is 1.75 bits per heavy atom. The van der Waals surface area contributed by atoms with Crippen LogP contribution in [0.4, 0.5) is 0 Å². The molecule has 1 heterocycles. The molecule has 0 aromatic heterocycles. The third-order valence-electron chi connectivity index (χ3n) is 3.35. The molecule has 1 heteroatoms. The normalized spacial score (nSPS) is 25.0. The average Bonchev–Trinajstić information content (AvgIpc) is 2.76. The fourth-order valence-corrected chi connectivity index (χ4v) is 2.36. The standard InChI is InChI=1S/C11H21N/c1-2-6-11(5-1)7-3-4-8-12-9-10-12/h11H,1-10H2. The molecule has 70 valence electrons. The molecular weight excluding hydrogens is 146 g/mol. The van der Waals surface area contributed by atoms with Crippen molar-refractivity contribution < 1.29 is 0 Å². The van der Waals surface area contributed by atoms with Crippen molar-refractivity contribution in [1.29, 1.82) is 0 Å². The molecule has 1 saturated heterocycles. The van der Waals surface area contributed by atoms with Crippen LogP contribution in [0.15, 0.2) is 0 Å². The Balaban J connectivity index is 1.44. The van der Waals surface area contributed by atoms with Crippen molar-refractivity contribution >= 4 is 0 Å². The first-order valence-corrected chi connectivity index (χ1v) is 5.67. The van der Waals surface area contributed by atoms with E-state index < -0.39 is 0 Å². The summed E-state index contributed by atoms with van der Waals surface area (Å²) >= 11 is 0. The van der Waals surface area contributed by atoms with Crippen LogP contribution in [0.2, 0.25) is 0 Å². The zero-order valence-electron chi connectivity index (χ0n) is 8.10. The minimum Gasteiger partial charge on any atom is -0.301 e. The maximum atomic E-state index is 2.54. The summed E-state index contributed by atoms with van der Waals surface area (Å²) in [6, 6.07) is 0. The molecule has 0 aromatic carbocycles. The Labute approximate surface area is 76.1 Å². The monoisotopic (exact) mass is 167 g/mol. The largest absolute Gasteiger partial charge is 0.301 e. The summed E-state index contributed by atoms with van der Waals surface area (Å²) in [6.45, 7) is 4.14. The van der Waals surface area contributed by atoms with Gasteiger partial charge in [0.25, 0.3) is 0 Å². The van der Waals surface area contributed by atoms with Gasteiger partial charge in [0.2, 0.25) is 0 Å². The molecule has 1 aliphatic heterocycles. The zero-order chi connectivity index (χ0) is 8.23. The molecule has 1 aliphatic carbocycles. The molecular formula is C11H21N. The Morgan fingerprint density at radius 1 is 1.00 bits per heavy atom. The third-order valence-corrected chi connectivity index (χ3v) is 3.35. The molecule has 0 atom stereocenters. The van der Waals surface area contributed by atoms with Crippen LogP contribution in [0.5, 0.6) is 0 Å². The molecule has 2 fully saturated rings. The van der Waals surface area contributed by atoms with E-state index in [2.05, 4.69) is 4.90 Å². The predicted molar refractivity (Wildman–Crippen MR) is 52.2 cm³/mol. The average molecular weight is 167 g/mol. The van der Waals surface area contributed by atoms with Gasteiger partial charge in [-0.1, -0.05) is 38.5 Å². The smallest absolute Gasteiger partial charge is 0.0110 e. The number of hydrogen-bond acceptors (Lipinski definition) is 1. The molecule has 0 N–H and O–H groups in total. The second-order valence-corrected chi connectivity index (χ2v) is 4.49. The molecule has 0 amide bonds. The molecule has 0 bridgehead atoms. The van der Waals surface area contributed by atoms with Gasteiger partial charge in [0.05, 0.1) is 0 Å². The first kappa shape index (κ1) is 8.55. The molecule has 12 heavy (non-hydrogen) atoms. The molecule has 2 rings (SSSR count). The maximum absolute atomic E-state index is 2.54. The topological polar surface area (TPSA) is 3.01 Å². The molecule has 0 radical (unpaired) electrons. The highest BCUT2D eigenvalue weighted by atomic mass is 15.2. The van der Waals surface area contributed by atoms with Crippen LogP contribution >= 0.6 is 0 Å². The first-order chi connectivity index (χ1) is 5.95. The van der Waals surface area contributed by atoms with Gasteiger partial charge in [0.15, 0.2) is 0 Å². The van der Waals surface area contributed by atoms with Gasteiger partial charge in [-0.05, 0) is 18.9 Å². The van der Waals surface area contributed by atoms with E-state index in [-0.39, 0.29) is 0 Å². The van der Waals surface area contributed by atoms with Gasteiger partial charge >= 0.3 is 0 Å². The summed E-state index contributed by atoms with van der Waals surface area (Å²) < 4.78 is 0.